The Hall–Kier alpha value is -2.11. The van der Waals surface area contributed by atoms with Gasteiger partial charge in [0, 0.05) is 18.8 Å². The van der Waals surface area contributed by atoms with E-state index >= 15 is 0 Å². The van der Waals surface area contributed by atoms with Crippen molar-refractivity contribution in [2.45, 2.75) is 5.92 Å². The van der Waals surface area contributed by atoms with Gasteiger partial charge in [-0.1, -0.05) is 30.3 Å². The Kier molecular flexibility index (Phi) is 4.12. The number of carbonyl (C=O) groups excluding carboxylic acids is 1. The molecule has 1 fully saturated rings. The maximum absolute atomic E-state index is 12.9. The summed E-state index contributed by atoms with van der Waals surface area (Å²) in [4.78, 5) is 19.7. The second kappa shape index (κ2) is 6.42. The Balaban J connectivity index is 1.70. The topological polar surface area (TPSA) is 41.9 Å². The molecule has 2 aromatic carbocycles. The van der Waals surface area contributed by atoms with Crippen LogP contribution in [-0.4, -0.2) is 37.1 Å². The Morgan fingerprint density at radius 1 is 1.21 bits per heavy atom. The SMILES string of the molecule is O=C1c2[c]cc(N3CCOCC3)cc2N=C(S)C1c1ccccc1. The molecule has 4 rings (SSSR count). The molecule has 0 saturated carbocycles. The van der Waals surface area contributed by atoms with Gasteiger partial charge < -0.3 is 9.64 Å². The summed E-state index contributed by atoms with van der Waals surface area (Å²) in [7, 11) is 0. The Labute approximate surface area is 146 Å². The molecule has 0 bridgehead atoms. The van der Waals surface area contributed by atoms with E-state index in [1.165, 1.54) is 0 Å². The van der Waals surface area contributed by atoms with Crippen LogP contribution in [0, 0.1) is 6.07 Å². The predicted octanol–water partition coefficient (Wildman–Crippen LogP) is 3.26. The zero-order valence-electron chi connectivity index (χ0n) is 13.1. The molecule has 1 saturated heterocycles. The van der Waals surface area contributed by atoms with Crippen molar-refractivity contribution in [1.82, 2.24) is 0 Å². The van der Waals surface area contributed by atoms with Gasteiger partial charge in [0.25, 0.3) is 0 Å². The summed E-state index contributed by atoms with van der Waals surface area (Å²) in [6, 6.07) is 16.6. The summed E-state index contributed by atoms with van der Waals surface area (Å²) < 4.78 is 5.39. The second-order valence-electron chi connectivity index (χ2n) is 5.90. The minimum Gasteiger partial charge on any atom is -0.378 e. The molecule has 2 aliphatic rings. The number of morpholine rings is 1. The molecule has 1 radical (unpaired) electrons. The Morgan fingerprint density at radius 3 is 2.71 bits per heavy atom. The number of benzene rings is 2. The van der Waals surface area contributed by atoms with E-state index in [9.17, 15) is 4.79 Å². The average Bonchev–Trinajstić information content (AvgIpc) is 2.63. The van der Waals surface area contributed by atoms with E-state index in [-0.39, 0.29) is 5.78 Å². The smallest absolute Gasteiger partial charge is 0.179 e. The van der Waals surface area contributed by atoms with Gasteiger partial charge in [-0.25, -0.2) is 4.99 Å². The first kappa shape index (κ1) is 15.4. The van der Waals surface area contributed by atoms with Gasteiger partial charge in [0.2, 0.25) is 0 Å². The molecular weight excluding hydrogens is 320 g/mol. The van der Waals surface area contributed by atoms with Crippen molar-refractivity contribution < 1.29 is 9.53 Å². The molecule has 24 heavy (non-hydrogen) atoms. The molecule has 2 aliphatic heterocycles. The molecule has 1 atom stereocenters. The fourth-order valence-corrected chi connectivity index (χ4v) is 3.53. The van der Waals surface area contributed by atoms with Crippen LogP contribution in [0.25, 0.3) is 0 Å². The standard InChI is InChI=1S/C19H17N2O2S/c22-18-15-7-6-14(21-8-10-23-11-9-21)12-16(15)20-19(24)17(18)13-4-2-1-3-5-13/h1-6,12,17H,8-11H2,(H,20,24). The van der Waals surface area contributed by atoms with Crippen LogP contribution in [0.1, 0.15) is 21.8 Å². The fraction of sp³-hybridized carbons (Fsp3) is 0.263. The highest BCUT2D eigenvalue weighted by Gasteiger charge is 2.31. The van der Waals surface area contributed by atoms with Gasteiger partial charge in [-0.3, -0.25) is 4.79 Å². The molecule has 0 aromatic heterocycles. The lowest BCUT2D eigenvalue weighted by Gasteiger charge is -2.30. The maximum atomic E-state index is 12.9. The number of anilines is 1. The average molecular weight is 337 g/mol. The Morgan fingerprint density at radius 2 is 1.96 bits per heavy atom. The van der Waals surface area contributed by atoms with Crippen LogP contribution < -0.4 is 4.90 Å². The van der Waals surface area contributed by atoms with Gasteiger partial charge in [0.15, 0.2) is 5.78 Å². The van der Waals surface area contributed by atoms with Crippen molar-refractivity contribution in [1.29, 1.82) is 0 Å². The number of rotatable bonds is 2. The maximum Gasteiger partial charge on any atom is 0.179 e. The third-order valence-corrected chi connectivity index (χ3v) is 4.77. The van der Waals surface area contributed by atoms with Gasteiger partial charge >= 0.3 is 0 Å². The summed E-state index contributed by atoms with van der Waals surface area (Å²) in [5, 5.41) is 0.534. The summed E-state index contributed by atoms with van der Waals surface area (Å²) >= 11 is 4.49. The third-order valence-electron chi connectivity index (χ3n) is 4.42. The minimum atomic E-state index is -0.437. The van der Waals surface area contributed by atoms with Crippen molar-refractivity contribution in [3.8, 4) is 0 Å². The van der Waals surface area contributed by atoms with E-state index in [1.54, 1.807) is 0 Å². The molecule has 5 heteroatoms. The molecule has 2 heterocycles. The van der Waals surface area contributed by atoms with Crippen LogP contribution in [0.5, 0.6) is 0 Å². The van der Waals surface area contributed by atoms with Crippen LogP contribution in [0.3, 0.4) is 0 Å². The molecule has 0 amide bonds. The fourth-order valence-electron chi connectivity index (χ4n) is 3.16. The van der Waals surface area contributed by atoms with E-state index in [2.05, 4.69) is 28.6 Å². The lowest BCUT2D eigenvalue weighted by atomic mass is 9.88. The summed E-state index contributed by atoms with van der Waals surface area (Å²) in [6.45, 7) is 3.11. The summed E-state index contributed by atoms with van der Waals surface area (Å²) in [6.07, 6.45) is 0. The number of fused-ring (bicyclic) bond motifs is 1. The predicted molar refractivity (Wildman–Crippen MR) is 97.9 cm³/mol. The van der Waals surface area contributed by atoms with E-state index in [0.717, 1.165) is 24.3 Å². The minimum absolute atomic E-state index is 0.00438. The van der Waals surface area contributed by atoms with Crippen LogP contribution in [-0.2, 0) is 4.74 Å². The van der Waals surface area contributed by atoms with Crippen molar-refractivity contribution in [2.24, 2.45) is 4.99 Å². The first-order valence-corrected chi connectivity index (χ1v) is 8.44. The summed E-state index contributed by atoms with van der Waals surface area (Å²) in [5.41, 5.74) is 3.13. The monoisotopic (exact) mass is 337 g/mol. The number of thiol groups is 1. The van der Waals surface area contributed by atoms with Gasteiger partial charge in [-0.2, -0.15) is 0 Å². The number of carbonyl (C=O) groups is 1. The zero-order chi connectivity index (χ0) is 16.5. The number of ether oxygens (including phenoxy) is 1. The molecule has 2 aromatic rings. The van der Waals surface area contributed by atoms with E-state index < -0.39 is 5.92 Å². The first-order valence-electron chi connectivity index (χ1n) is 7.99. The van der Waals surface area contributed by atoms with Crippen molar-refractivity contribution in [3.63, 3.8) is 0 Å². The number of hydrogen-bond acceptors (Lipinski definition) is 4. The lowest BCUT2D eigenvalue weighted by molar-refractivity contribution is 0.0982. The van der Waals surface area contributed by atoms with Gasteiger partial charge in [-0.15, -0.1) is 12.6 Å². The highest BCUT2D eigenvalue weighted by molar-refractivity contribution is 7.97. The number of Topliss-reactive ketones (excluding diaryl/α,β-unsaturated/α-hetero) is 1. The largest absolute Gasteiger partial charge is 0.378 e. The molecular formula is C19H17N2O2S. The molecule has 0 spiro atoms. The summed E-state index contributed by atoms with van der Waals surface area (Å²) in [5.74, 6) is -0.433. The normalized spacial score (nSPS) is 20.5. The quantitative estimate of drug-likeness (QED) is 0.855. The molecule has 1 unspecified atom stereocenters. The number of ketones is 1. The molecule has 0 N–H and O–H groups in total. The molecule has 121 valence electrons. The highest BCUT2D eigenvalue weighted by Crippen LogP contribution is 2.37. The van der Waals surface area contributed by atoms with Crippen molar-refractivity contribution in [2.75, 3.05) is 31.2 Å². The van der Waals surface area contributed by atoms with Gasteiger partial charge in [-0.05, 0) is 23.8 Å². The van der Waals surface area contributed by atoms with E-state index in [0.29, 0.717) is 29.5 Å². The second-order valence-corrected chi connectivity index (χ2v) is 6.35. The first-order chi connectivity index (χ1) is 11.7. The Bertz CT molecular complexity index is 798. The van der Waals surface area contributed by atoms with E-state index in [1.807, 2.05) is 42.5 Å². The number of hydrogen-bond donors (Lipinski definition) is 1. The molecule has 0 aliphatic carbocycles. The number of aliphatic imine (C=N–C) groups is 1. The van der Waals surface area contributed by atoms with Gasteiger partial charge in [0.1, 0.15) is 0 Å². The third kappa shape index (κ3) is 2.74. The lowest BCUT2D eigenvalue weighted by Crippen LogP contribution is -2.36. The van der Waals surface area contributed by atoms with Crippen LogP contribution in [0.2, 0.25) is 0 Å². The highest BCUT2D eigenvalue weighted by atomic mass is 32.1. The van der Waals surface area contributed by atoms with Crippen molar-refractivity contribution >= 4 is 34.8 Å². The van der Waals surface area contributed by atoms with Crippen LogP contribution in [0.4, 0.5) is 11.4 Å². The van der Waals surface area contributed by atoms with Crippen molar-refractivity contribution in [3.05, 3.63) is 59.7 Å². The van der Waals surface area contributed by atoms with E-state index in [4.69, 9.17) is 4.74 Å². The molecule has 4 nitrogen and oxygen atoms in total. The number of nitrogens with zero attached hydrogens (tertiary/aromatic N) is 2. The zero-order valence-corrected chi connectivity index (χ0v) is 14.0. The van der Waals surface area contributed by atoms with Crippen LogP contribution in [0.15, 0.2) is 47.5 Å². The van der Waals surface area contributed by atoms with Crippen LogP contribution >= 0.6 is 12.6 Å². The van der Waals surface area contributed by atoms with Gasteiger partial charge in [0.05, 0.1) is 35.4 Å².